The maximum atomic E-state index is 10.9. The maximum Gasteiger partial charge on any atom is 0.371 e. The van der Waals surface area contributed by atoms with Crippen LogP contribution in [-0.2, 0) is 0 Å². The lowest BCUT2D eigenvalue weighted by molar-refractivity contribution is 0.0655. The molecular weight excluding hydrogens is 295 g/mol. The molecule has 0 spiro atoms. The number of carboxylic acids is 2. The standard InChI is InChI=1S/C14H15O6P/c1-2-3-8-21(11-6-4-9(19-11)13(15)16)12-7-5-10(20-12)14(17)18/h4-7H,2-3,8H2,1H3,(H,15,16)(H,17,18). The van der Waals surface area contributed by atoms with E-state index in [0.29, 0.717) is 11.0 Å². The highest BCUT2D eigenvalue weighted by molar-refractivity contribution is 7.72. The summed E-state index contributed by atoms with van der Waals surface area (Å²) in [5.74, 6) is -2.51. The first-order valence-corrected chi connectivity index (χ1v) is 7.99. The fourth-order valence-corrected chi connectivity index (χ4v) is 4.04. The summed E-state index contributed by atoms with van der Waals surface area (Å²) in [5, 5.41) is 17.8. The topological polar surface area (TPSA) is 101 Å². The number of carboxylic acid groups (broad SMARTS) is 2. The van der Waals surface area contributed by atoms with Crippen LogP contribution in [0.2, 0.25) is 0 Å². The lowest BCUT2D eigenvalue weighted by atomic mass is 10.4. The van der Waals surface area contributed by atoms with E-state index < -0.39 is 19.9 Å². The van der Waals surface area contributed by atoms with Crippen molar-refractivity contribution in [3.05, 3.63) is 35.8 Å². The largest absolute Gasteiger partial charge is 0.475 e. The summed E-state index contributed by atoms with van der Waals surface area (Å²) in [6.45, 7) is 2.04. The first-order valence-electron chi connectivity index (χ1n) is 6.46. The molecule has 112 valence electrons. The van der Waals surface area contributed by atoms with Crippen LogP contribution in [0.5, 0.6) is 0 Å². The van der Waals surface area contributed by atoms with Crippen LogP contribution in [0, 0.1) is 0 Å². The zero-order valence-electron chi connectivity index (χ0n) is 11.4. The van der Waals surface area contributed by atoms with Crippen molar-refractivity contribution < 1.29 is 28.6 Å². The van der Waals surface area contributed by atoms with Crippen LogP contribution in [-0.4, -0.2) is 28.3 Å². The van der Waals surface area contributed by atoms with E-state index in [9.17, 15) is 9.59 Å². The fourth-order valence-electron chi connectivity index (χ4n) is 1.82. The number of carbonyl (C=O) groups is 2. The van der Waals surface area contributed by atoms with Gasteiger partial charge in [0.25, 0.3) is 0 Å². The van der Waals surface area contributed by atoms with Crippen LogP contribution in [0.15, 0.2) is 33.1 Å². The monoisotopic (exact) mass is 310 g/mol. The Labute approximate surface area is 122 Å². The maximum absolute atomic E-state index is 10.9. The zero-order valence-corrected chi connectivity index (χ0v) is 12.3. The van der Waals surface area contributed by atoms with Crippen LogP contribution in [0.25, 0.3) is 0 Å². The smallest absolute Gasteiger partial charge is 0.371 e. The van der Waals surface area contributed by atoms with Crippen LogP contribution in [0.3, 0.4) is 0 Å². The van der Waals surface area contributed by atoms with Crippen molar-refractivity contribution in [2.24, 2.45) is 0 Å². The van der Waals surface area contributed by atoms with E-state index in [2.05, 4.69) is 0 Å². The van der Waals surface area contributed by atoms with Gasteiger partial charge in [0, 0.05) is 7.92 Å². The van der Waals surface area contributed by atoms with E-state index >= 15 is 0 Å². The summed E-state index contributed by atoms with van der Waals surface area (Å²) in [4.78, 5) is 21.8. The highest BCUT2D eigenvalue weighted by atomic mass is 31.1. The Morgan fingerprint density at radius 1 is 1.00 bits per heavy atom. The lowest BCUT2D eigenvalue weighted by Crippen LogP contribution is -2.12. The molecule has 0 saturated heterocycles. The summed E-state index contributed by atoms with van der Waals surface area (Å²) in [5.41, 5.74) is 1.06. The van der Waals surface area contributed by atoms with Gasteiger partial charge in [-0.15, -0.1) is 0 Å². The second kappa shape index (κ2) is 6.59. The fraction of sp³-hybridized carbons (Fsp3) is 0.286. The molecule has 0 aromatic carbocycles. The van der Waals surface area contributed by atoms with Crippen molar-refractivity contribution in [3.63, 3.8) is 0 Å². The minimum absolute atomic E-state index is 0.126. The minimum Gasteiger partial charge on any atom is -0.475 e. The summed E-state index contributed by atoms with van der Waals surface area (Å²) < 4.78 is 10.7. The Kier molecular flexibility index (Phi) is 4.81. The van der Waals surface area contributed by atoms with E-state index in [4.69, 9.17) is 19.0 Å². The van der Waals surface area contributed by atoms with Gasteiger partial charge in [0.2, 0.25) is 11.5 Å². The molecule has 0 unspecified atom stereocenters. The van der Waals surface area contributed by atoms with Gasteiger partial charge in [0.15, 0.2) is 0 Å². The number of hydrogen-bond donors (Lipinski definition) is 2. The van der Waals surface area contributed by atoms with Crippen LogP contribution < -0.4 is 11.0 Å². The molecule has 2 aromatic heterocycles. The molecule has 2 aromatic rings. The second-order valence-corrected chi connectivity index (χ2v) is 6.58. The van der Waals surface area contributed by atoms with Gasteiger partial charge in [-0.2, -0.15) is 0 Å². The predicted octanol–water partition coefficient (Wildman–Crippen LogP) is 2.50. The van der Waals surface area contributed by atoms with Crippen molar-refractivity contribution in [2.75, 3.05) is 6.16 Å². The number of aromatic carboxylic acids is 2. The SMILES string of the molecule is CCCCP(c1ccc(C(=O)O)o1)c1ccc(C(=O)O)o1. The van der Waals surface area contributed by atoms with Gasteiger partial charge in [-0.1, -0.05) is 13.3 Å². The number of furan rings is 2. The quantitative estimate of drug-likeness (QED) is 0.762. The first kappa shape index (κ1) is 15.3. The zero-order chi connectivity index (χ0) is 15.4. The Bertz CT molecular complexity index is 589. The Hall–Kier alpha value is -2.07. The van der Waals surface area contributed by atoms with Gasteiger partial charge < -0.3 is 19.0 Å². The Balaban J connectivity index is 2.31. The molecule has 2 N–H and O–H groups in total. The van der Waals surface area contributed by atoms with Gasteiger partial charge in [-0.25, -0.2) is 9.59 Å². The average molecular weight is 310 g/mol. The molecule has 0 aliphatic heterocycles. The van der Waals surface area contributed by atoms with Gasteiger partial charge in [0.05, 0.1) is 0 Å². The van der Waals surface area contributed by atoms with Gasteiger partial charge in [0.1, 0.15) is 11.0 Å². The highest BCUT2D eigenvalue weighted by Crippen LogP contribution is 2.36. The molecule has 7 heteroatoms. The van der Waals surface area contributed by atoms with Crippen molar-refractivity contribution in [1.29, 1.82) is 0 Å². The van der Waals surface area contributed by atoms with Crippen molar-refractivity contribution in [3.8, 4) is 0 Å². The van der Waals surface area contributed by atoms with E-state index in [-0.39, 0.29) is 11.5 Å². The molecule has 0 radical (unpaired) electrons. The van der Waals surface area contributed by atoms with Crippen LogP contribution >= 0.6 is 7.92 Å². The van der Waals surface area contributed by atoms with E-state index in [0.717, 1.165) is 19.0 Å². The third-order valence-corrected chi connectivity index (χ3v) is 5.18. The minimum atomic E-state index is -1.13. The van der Waals surface area contributed by atoms with E-state index in [1.807, 2.05) is 6.92 Å². The molecule has 0 atom stereocenters. The summed E-state index contributed by atoms with van der Waals surface area (Å²) in [6, 6.07) is 6.04. The van der Waals surface area contributed by atoms with Crippen molar-refractivity contribution >= 4 is 30.9 Å². The molecule has 2 heterocycles. The third kappa shape index (κ3) is 3.52. The second-order valence-electron chi connectivity index (χ2n) is 4.39. The molecule has 0 amide bonds. The summed E-state index contributed by atoms with van der Waals surface area (Å²) in [7, 11) is -1.02. The Morgan fingerprint density at radius 3 is 1.81 bits per heavy atom. The van der Waals surface area contributed by atoms with Gasteiger partial charge in [-0.05, 0) is 36.8 Å². The summed E-state index contributed by atoms with van der Waals surface area (Å²) in [6.07, 6.45) is 2.64. The van der Waals surface area contributed by atoms with Crippen molar-refractivity contribution in [2.45, 2.75) is 19.8 Å². The molecule has 0 fully saturated rings. The van der Waals surface area contributed by atoms with Crippen LogP contribution in [0.1, 0.15) is 40.9 Å². The van der Waals surface area contributed by atoms with E-state index in [1.54, 1.807) is 12.1 Å². The molecule has 2 rings (SSSR count). The normalized spacial score (nSPS) is 11.0. The molecule has 0 bridgehead atoms. The highest BCUT2D eigenvalue weighted by Gasteiger charge is 2.23. The summed E-state index contributed by atoms with van der Waals surface area (Å²) >= 11 is 0. The molecule has 6 nitrogen and oxygen atoms in total. The first-order chi connectivity index (χ1) is 10.0. The molecule has 0 aliphatic rings. The Morgan fingerprint density at radius 2 is 1.48 bits per heavy atom. The van der Waals surface area contributed by atoms with Gasteiger partial charge >= 0.3 is 11.9 Å². The molecule has 21 heavy (non-hydrogen) atoms. The van der Waals surface area contributed by atoms with Crippen LogP contribution in [0.4, 0.5) is 0 Å². The molecule has 0 aliphatic carbocycles. The number of hydrogen-bond acceptors (Lipinski definition) is 4. The van der Waals surface area contributed by atoms with E-state index in [1.165, 1.54) is 12.1 Å². The number of rotatable bonds is 7. The van der Waals surface area contributed by atoms with Gasteiger partial charge in [-0.3, -0.25) is 0 Å². The molecular formula is C14H15O6P. The van der Waals surface area contributed by atoms with Crippen molar-refractivity contribution in [1.82, 2.24) is 0 Å². The predicted molar refractivity (Wildman–Crippen MR) is 77.3 cm³/mol. The molecule has 0 saturated carbocycles. The third-order valence-electron chi connectivity index (χ3n) is 2.87. The number of unbranched alkanes of at least 4 members (excludes halogenated alkanes) is 1. The lowest BCUT2D eigenvalue weighted by Gasteiger charge is -2.11. The average Bonchev–Trinajstić information content (AvgIpc) is 3.08.